The highest BCUT2D eigenvalue weighted by Crippen LogP contribution is 2.31. The molecule has 5 N–H and O–H groups in total. The van der Waals surface area contributed by atoms with Crippen molar-refractivity contribution in [3.8, 4) is 0 Å². The summed E-state index contributed by atoms with van der Waals surface area (Å²) in [6.07, 6.45) is 0.434. The lowest BCUT2D eigenvalue weighted by Crippen LogP contribution is -2.48. The lowest BCUT2D eigenvalue weighted by Gasteiger charge is -2.31. The number of benzene rings is 2. The molecule has 1 aliphatic rings. The molecular formula is C25H33F2N3O3. The minimum Gasteiger partial charge on any atom is -0.390 e. The number of fused-ring (bicyclic) bond motifs is 1. The van der Waals surface area contributed by atoms with Crippen molar-refractivity contribution in [2.45, 2.75) is 63.8 Å². The fourth-order valence-corrected chi connectivity index (χ4v) is 4.32. The second-order valence-electron chi connectivity index (χ2n) is 9.44. The fourth-order valence-electron chi connectivity index (χ4n) is 4.32. The third-order valence-corrected chi connectivity index (χ3v) is 5.68. The average Bonchev–Trinajstić information content (AvgIpc) is 2.69. The van der Waals surface area contributed by atoms with E-state index in [4.69, 9.17) is 0 Å². The number of hydrogen-bond donors (Lipinski definition) is 5. The van der Waals surface area contributed by atoms with Gasteiger partial charge in [-0.3, -0.25) is 4.79 Å². The van der Waals surface area contributed by atoms with Gasteiger partial charge in [0.05, 0.1) is 17.7 Å². The number of anilines is 1. The van der Waals surface area contributed by atoms with Crippen LogP contribution in [0.4, 0.5) is 14.5 Å². The zero-order valence-corrected chi connectivity index (χ0v) is 19.3. The van der Waals surface area contributed by atoms with Gasteiger partial charge in [-0.05, 0) is 61.6 Å². The van der Waals surface area contributed by atoms with E-state index in [1.165, 1.54) is 19.1 Å². The first kappa shape index (κ1) is 25.1. The number of nitrogens with one attached hydrogen (secondary N) is 3. The Morgan fingerprint density at radius 2 is 1.88 bits per heavy atom. The quantitative estimate of drug-likeness (QED) is 0.396. The van der Waals surface area contributed by atoms with Gasteiger partial charge in [0.1, 0.15) is 11.6 Å². The van der Waals surface area contributed by atoms with Crippen molar-refractivity contribution in [1.29, 1.82) is 0 Å². The molecule has 1 aliphatic heterocycles. The normalized spacial score (nSPS) is 17.6. The molecule has 0 aromatic heterocycles. The zero-order chi connectivity index (χ0) is 24.2. The number of hydrogen-bond acceptors (Lipinski definition) is 5. The number of aliphatic hydroxyl groups is 2. The molecule has 1 amide bonds. The van der Waals surface area contributed by atoms with Crippen molar-refractivity contribution < 1.29 is 23.8 Å². The van der Waals surface area contributed by atoms with E-state index in [-0.39, 0.29) is 24.9 Å². The van der Waals surface area contributed by atoms with Crippen LogP contribution in [0, 0.1) is 11.6 Å². The van der Waals surface area contributed by atoms with Crippen LogP contribution in [-0.4, -0.2) is 47.0 Å². The van der Waals surface area contributed by atoms with Gasteiger partial charge < -0.3 is 26.2 Å². The third-order valence-electron chi connectivity index (χ3n) is 5.68. The molecule has 33 heavy (non-hydrogen) atoms. The van der Waals surface area contributed by atoms with Crippen molar-refractivity contribution >= 4 is 11.6 Å². The largest absolute Gasteiger partial charge is 0.390 e. The number of carbonyl (C=O) groups excluding carboxylic acids is 1. The fraction of sp³-hybridized carbons (Fsp3) is 0.480. The highest BCUT2D eigenvalue weighted by molar-refractivity contribution is 5.73. The van der Waals surface area contributed by atoms with Crippen molar-refractivity contribution in [3.05, 3.63) is 64.7 Å². The van der Waals surface area contributed by atoms with Crippen molar-refractivity contribution in [2.24, 2.45) is 0 Å². The Labute approximate surface area is 193 Å². The molecular weight excluding hydrogens is 428 g/mol. The first-order valence-corrected chi connectivity index (χ1v) is 11.2. The number of amides is 1. The van der Waals surface area contributed by atoms with E-state index >= 15 is 0 Å². The number of aliphatic hydroxyl groups excluding tert-OH is 1. The standard InChI is InChI=1S/C25H33F2N3O3/c1-15(31)30-23(11-17-8-18(26)12-19(27)9-17)24(32)14-29-22-6-7-28-21-5-4-16(10-20(21)22)13-25(2,3)33/h4-5,8-10,12,22-24,28-29,32-33H,6-7,11,13-14H2,1-3H3,(H,30,31). The number of carbonyl (C=O) groups is 1. The number of rotatable bonds is 9. The van der Waals surface area contributed by atoms with Gasteiger partial charge in [-0.2, -0.15) is 0 Å². The van der Waals surface area contributed by atoms with E-state index in [0.717, 1.165) is 35.8 Å². The Morgan fingerprint density at radius 3 is 2.52 bits per heavy atom. The van der Waals surface area contributed by atoms with Gasteiger partial charge in [-0.25, -0.2) is 8.78 Å². The molecule has 0 saturated carbocycles. The van der Waals surface area contributed by atoms with Gasteiger partial charge >= 0.3 is 0 Å². The van der Waals surface area contributed by atoms with Crippen molar-refractivity contribution in [3.63, 3.8) is 0 Å². The first-order chi connectivity index (χ1) is 15.5. The summed E-state index contributed by atoms with van der Waals surface area (Å²) in [6.45, 7) is 5.82. The summed E-state index contributed by atoms with van der Waals surface area (Å²) in [4.78, 5) is 11.7. The molecule has 6 nitrogen and oxygen atoms in total. The lowest BCUT2D eigenvalue weighted by molar-refractivity contribution is -0.120. The summed E-state index contributed by atoms with van der Waals surface area (Å²) in [7, 11) is 0. The molecule has 0 bridgehead atoms. The molecule has 1 heterocycles. The summed E-state index contributed by atoms with van der Waals surface area (Å²) < 4.78 is 27.2. The lowest BCUT2D eigenvalue weighted by atomic mass is 9.91. The van der Waals surface area contributed by atoms with Crippen LogP contribution in [0.1, 0.15) is 49.9 Å². The molecule has 3 rings (SSSR count). The van der Waals surface area contributed by atoms with Crippen molar-refractivity contribution in [2.75, 3.05) is 18.4 Å². The molecule has 180 valence electrons. The molecule has 0 saturated heterocycles. The first-order valence-electron chi connectivity index (χ1n) is 11.2. The van der Waals surface area contributed by atoms with E-state index in [9.17, 15) is 23.8 Å². The van der Waals surface area contributed by atoms with Gasteiger partial charge in [0.15, 0.2) is 0 Å². The maximum atomic E-state index is 13.6. The predicted molar refractivity (Wildman–Crippen MR) is 124 cm³/mol. The van der Waals surface area contributed by atoms with E-state index in [2.05, 4.69) is 22.0 Å². The third kappa shape index (κ3) is 7.48. The molecule has 0 radical (unpaired) electrons. The Bertz CT molecular complexity index is 958. The minimum absolute atomic E-state index is 0.0257. The molecule has 2 aromatic rings. The van der Waals surface area contributed by atoms with Crippen LogP contribution in [0.5, 0.6) is 0 Å². The van der Waals surface area contributed by atoms with E-state index in [1.54, 1.807) is 13.8 Å². The van der Waals surface area contributed by atoms with Gasteiger partial charge in [-0.15, -0.1) is 0 Å². The van der Waals surface area contributed by atoms with Gasteiger partial charge in [-0.1, -0.05) is 12.1 Å². The van der Waals surface area contributed by atoms with Gasteiger partial charge in [0.25, 0.3) is 0 Å². The zero-order valence-electron chi connectivity index (χ0n) is 19.3. The minimum atomic E-state index is -0.974. The SMILES string of the molecule is CC(=O)NC(Cc1cc(F)cc(F)c1)C(O)CNC1CCNc2ccc(CC(C)(C)O)cc21. The Hall–Kier alpha value is -2.55. The second-order valence-corrected chi connectivity index (χ2v) is 9.44. The molecule has 0 aliphatic carbocycles. The topological polar surface area (TPSA) is 93.6 Å². The van der Waals surface area contributed by atoms with E-state index in [0.29, 0.717) is 12.0 Å². The smallest absolute Gasteiger partial charge is 0.217 e. The second kappa shape index (κ2) is 10.6. The van der Waals surface area contributed by atoms with Crippen LogP contribution < -0.4 is 16.0 Å². The molecule has 2 aromatic carbocycles. The summed E-state index contributed by atoms with van der Waals surface area (Å²) in [5.41, 5.74) is 2.60. The van der Waals surface area contributed by atoms with Crippen LogP contribution in [0.3, 0.4) is 0 Å². The van der Waals surface area contributed by atoms with Crippen LogP contribution in [0.2, 0.25) is 0 Å². The average molecular weight is 462 g/mol. The van der Waals surface area contributed by atoms with Crippen LogP contribution in [0.15, 0.2) is 36.4 Å². The highest BCUT2D eigenvalue weighted by Gasteiger charge is 2.25. The summed E-state index contributed by atoms with van der Waals surface area (Å²) in [6, 6.07) is 8.50. The Morgan fingerprint density at radius 1 is 1.18 bits per heavy atom. The summed E-state index contributed by atoms with van der Waals surface area (Å²) in [5.74, 6) is -1.74. The predicted octanol–water partition coefficient (Wildman–Crippen LogP) is 2.83. The molecule has 0 fully saturated rings. The number of halogens is 2. The monoisotopic (exact) mass is 461 g/mol. The molecule has 8 heteroatoms. The highest BCUT2D eigenvalue weighted by atomic mass is 19.1. The maximum Gasteiger partial charge on any atom is 0.217 e. The molecule has 3 unspecified atom stereocenters. The summed E-state index contributed by atoms with van der Waals surface area (Å²) >= 11 is 0. The molecule has 0 spiro atoms. The van der Waals surface area contributed by atoms with Gasteiger partial charge in [0.2, 0.25) is 5.91 Å². The van der Waals surface area contributed by atoms with Crippen LogP contribution >= 0.6 is 0 Å². The maximum absolute atomic E-state index is 13.6. The molecule has 3 atom stereocenters. The Balaban J connectivity index is 1.70. The van der Waals surface area contributed by atoms with Crippen LogP contribution in [-0.2, 0) is 17.6 Å². The summed E-state index contributed by atoms with van der Waals surface area (Å²) in [5, 5.41) is 30.4. The van der Waals surface area contributed by atoms with Crippen LogP contribution in [0.25, 0.3) is 0 Å². The van der Waals surface area contributed by atoms with E-state index in [1.807, 2.05) is 12.1 Å². The van der Waals surface area contributed by atoms with Gasteiger partial charge in [0, 0.05) is 44.2 Å². The van der Waals surface area contributed by atoms with Crippen molar-refractivity contribution in [1.82, 2.24) is 10.6 Å². The Kier molecular flexibility index (Phi) is 8.05. The van der Waals surface area contributed by atoms with E-state index < -0.39 is 29.4 Å².